The van der Waals surface area contributed by atoms with E-state index in [2.05, 4.69) is 22.3 Å². The van der Waals surface area contributed by atoms with Crippen LogP contribution in [0.4, 0.5) is 0 Å². The first-order valence-electron chi connectivity index (χ1n) is 10.0. The molecule has 1 saturated heterocycles. The largest absolute Gasteiger partial charge is 0.368 e. The van der Waals surface area contributed by atoms with Crippen LogP contribution in [-0.4, -0.2) is 57.6 Å². The number of aromatic nitrogens is 2. The molecule has 7 heteroatoms. The molecule has 1 unspecified atom stereocenters. The van der Waals surface area contributed by atoms with Gasteiger partial charge in [0.1, 0.15) is 6.10 Å². The fourth-order valence-electron chi connectivity index (χ4n) is 4.45. The molecule has 0 radical (unpaired) electrons. The summed E-state index contributed by atoms with van der Waals surface area (Å²) in [7, 11) is 0. The summed E-state index contributed by atoms with van der Waals surface area (Å²) in [6.45, 7) is 3.02. The summed E-state index contributed by atoms with van der Waals surface area (Å²) >= 11 is 0. The molecule has 146 valence electrons. The molecule has 1 atom stereocenters. The van der Waals surface area contributed by atoms with Crippen LogP contribution in [0.15, 0.2) is 24.3 Å². The molecule has 5 rings (SSSR count). The molecule has 0 bridgehead atoms. The Morgan fingerprint density at radius 1 is 1.07 bits per heavy atom. The fraction of sp³-hybridized carbons (Fsp3) is 0.476. The predicted molar refractivity (Wildman–Crippen MR) is 102 cm³/mol. The lowest BCUT2D eigenvalue weighted by atomic mass is 9.99. The van der Waals surface area contributed by atoms with E-state index in [0.717, 1.165) is 30.5 Å². The zero-order valence-electron chi connectivity index (χ0n) is 15.8. The van der Waals surface area contributed by atoms with Crippen molar-refractivity contribution in [3.8, 4) is 0 Å². The van der Waals surface area contributed by atoms with Gasteiger partial charge in [0.05, 0.1) is 0 Å². The number of fused-ring (bicyclic) bond motifs is 2. The molecule has 0 saturated carbocycles. The molecule has 1 aromatic carbocycles. The van der Waals surface area contributed by atoms with Gasteiger partial charge in [-0.15, -0.1) is 0 Å². The van der Waals surface area contributed by atoms with Crippen molar-refractivity contribution in [2.75, 3.05) is 19.7 Å². The van der Waals surface area contributed by atoms with Crippen LogP contribution in [0.3, 0.4) is 0 Å². The van der Waals surface area contributed by atoms with Crippen LogP contribution < -0.4 is 0 Å². The van der Waals surface area contributed by atoms with E-state index in [-0.39, 0.29) is 17.9 Å². The standard InChI is InChI=1S/C21H24N4O3/c26-20(18-6-3-11-28-18)25-10-8-17-16(13-25)19(23-22-17)21(27)24-9-7-14-4-1-2-5-15(14)12-24/h1-2,4-5,18H,3,6-13H2,(H,22,23). The second kappa shape index (κ2) is 7.05. The number of hydrogen-bond acceptors (Lipinski definition) is 4. The van der Waals surface area contributed by atoms with Crippen molar-refractivity contribution in [2.45, 2.75) is 44.9 Å². The number of benzene rings is 1. The lowest BCUT2D eigenvalue weighted by Crippen LogP contribution is -2.42. The minimum Gasteiger partial charge on any atom is -0.368 e. The first-order chi connectivity index (χ1) is 13.7. The Morgan fingerprint density at radius 2 is 1.89 bits per heavy atom. The second-order valence-corrected chi connectivity index (χ2v) is 7.79. The number of amides is 2. The maximum Gasteiger partial charge on any atom is 0.275 e. The molecule has 0 aliphatic carbocycles. The number of carbonyl (C=O) groups is 2. The quantitative estimate of drug-likeness (QED) is 0.860. The summed E-state index contributed by atoms with van der Waals surface area (Å²) in [4.78, 5) is 29.6. The topological polar surface area (TPSA) is 78.5 Å². The average molecular weight is 380 g/mol. The van der Waals surface area contributed by atoms with Crippen molar-refractivity contribution < 1.29 is 14.3 Å². The second-order valence-electron chi connectivity index (χ2n) is 7.79. The van der Waals surface area contributed by atoms with Gasteiger partial charge in [0.15, 0.2) is 5.69 Å². The number of nitrogens with one attached hydrogen (secondary N) is 1. The SMILES string of the molecule is O=C(c1n[nH]c2c1CN(C(=O)C1CCCO1)CC2)N1CCc2ccccc2C1. The molecule has 0 spiro atoms. The van der Waals surface area contributed by atoms with Crippen molar-refractivity contribution in [3.63, 3.8) is 0 Å². The highest BCUT2D eigenvalue weighted by molar-refractivity contribution is 5.94. The van der Waals surface area contributed by atoms with E-state index in [1.165, 1.54) is 11.1 Å². The van der Waals surface area contributed by atoms with Gasteiger partial charge in [0.25, 0.3) is 11.8 Å². The van der Waals surface area contributed by atoms with Crippen LogP contribution in [0.2, 0.25) is 0 Å². The van der Waals surface area contributed by atoms with Gasteiger partial charge < -0.3 is 14.5 Å². The molecule has 7 nitrogen and oxygen atoms in total. The first kappa shape index (κ1) is 17.4. The van der Waals surface area contributed by atoms with E-state index in [9.17, 15) is 9.59 Å². The Labute approximate surface area is 163 Å². The molecule has 3 aliphatic heterocycles. The number of aromatic amines is 1. The van der Waals surface area contributed by atoms with E-state index in [1.54, 1.807) is 0 Å². The van der Waals surface area contributed by atoms with Crippen LogP contribution in [0.25, 0.3) is 0 Å². The number of hydrogen-bond donors (Lipinski definition) is 1. The van der Waals surface area contributed by atoms with Crippen molar-refractivity contribution in [1.82, 2.24) is 20.0 Å². The smallest absolute Gasteiger partial charge is 0.275 e. The van der Waals surface area contributed by atoms with E-state index in [4.69, 9.17) is 4.74 Å². The summed E-state index contributed by atoms with van der Waals surface area (Å²) in [5.74, 6) is -0.0203. The molecule has 2 amide bonds. The van der Waals surface area contributed by atoms with Crippen molar-refractivity contribution in [3.05, 3.63) is 52.3 Å². The molecule has 1 N–H and O–H groups in total. The monoisotopic (exact) mass is 380 g/mol. The Bertz CT molecular complexity index is 916. The Hall–Kier alpha value is -2.67. The van der Waals surface area contributed by atoms with Gasteiger partial charge in [-0.25, -0.2) is 0 Å². The highest BCUT2D eigenvalue weighted by Crippen LogP contribution is 2.26. The van der Waals surface area contributed by atoms with Crippen LogP contribution >= 0.6 is 0 Å². The molecular formula is C21H24N4O3. The highest BCUT2D eigenvalue weighted by atomic mass is 16.5. The molecule has 1 aromatic heterocycles. The zero-order valence-corrected chi connectivity index (χ0v) is 15.8. The predicted octanol–water partition coefficient (Wildman–Crippen LogP) is 1.67. The number of ether oxygens (including phenoxy) is 1. The first-order valence-corrected chi connectivity index (χ1v) is 10.0. The zero-order chi connectivity index (χ0) is 19.1. The van der Waals surface area contributed by atoms with Crippen LogP contribution in [0.5, 0.6) is 0 Å². The summed E-state index contributed by atoms with van der Waals surface area (Å²) in [5, 5.41) is 7.36. The minimum absolute atomic E-state index is 0.0367. The number of rotatable bonds is 2. The summed E-state index contributed by atoms with van der Waals surface area (Å²) in [6.07, 6.45) is 2.94. The summed E-state index contributed by atoms with van der Waals surface area (Å²) in [5.41, 5.74) is 4.79. The van der Waals surface area contributed by atoms with Crippen LogP contribution in [0, 0.1) is 0 Å². The van der Waals surface area contributed by atoms with Gasteiger partial charge >= 0.3 is 0 Å². The Balaban J connectivity index is 1.35. The molecule has 1 fully saturated rings. The molecule has 3 aliphatic rings. The summed E-state index contributed by atoms with van der Waals surface area (Å²) < 4.78 is 5.55. The van der Waals surface area contributed by atoms with Gasteiger partial charge in [0, 0.05) is 50.5 Å². The third kappa shape index (κ3) is 2.99. The van der Waals surface area contributed by atoms with Crippen molar-refractivity contribution in [2.24, 2.45) is 0 Å². The molecular weight excluding hydrogens is 356 g/mol. The normalized spacial score (nSPS) is 21.4. The minimum atomic E-state index is -0.328. The van der Waals surface area contributed by atoms with E-state index < -0.39 is 0 Å². The third-order valence-corrected chi connectivity index (χ3v) is 6.07. The summed E-state index contributed by atoms with van der Waals surface area (Å²) in [6, 6.07) is 8.26. The number of H-pyrrole nitrogens is 1. The van der Waals surface area contributed by atoms with Gasteiger partial charge in [-0.05, 0) is 30.4 Å². The fourth-order valence-corrected chi connectivity index (χ4v) is 4.45. The van der Waals surface area contributed by atoms with Crippen LogP contribution in [-0.2, 0) is 35.5 Å². The number of nitrogens with zero attached hydrogens (tertiary/aromatic N) is 3. The lowest BCUT2D eigenvalue weighted by molar-refractivity contribution is -0.141. The Kier molecular flexibility index (Phi) is 4.39. The Morgan fingerprint density at radius 3 is 2.71 bits per heavy atom. The molecule has 28 heavy (non-hydrogen) atoms. The molecule has 4 heterocycles. The van der Waals surface area contributed by atoms with E-state index in [0.29, 0.717) is 44.9 Å². The van der Waals surface area contributed by atoms with Gasteiger partial charge in [-0.1, -0.05) is 24.3 Å². The average Bonchev–Trinajstić information content (AvgIpc) is 3.42. The highest BCUT2D eigenvalue weighted by Gasteiger charge is 2.34. The van der Waals surface area contributed by atoms with Crippen molar-refractivity contribution >= 4 is 11.8 Å². The van der Waals surface area contributed by atoms with E-state index in [1.807, 2.05) is 21.9 Å². The molecule has 2 aromatic rings. The maximum absolute atomic E-state index is 13.2. The van der Waals surface area contributed by atoms with E-state index >= 15 is 0 Å². The number of carbonyl (C=O) groups excluding carboxylic acids is 2. The van der Waals surface area contributed by atoms with Gasteiger partial charge in [0.2, 0.25) is 0 Å². The van der Waals surface area contributed by atoms with Gasteiger partial charge in [-0.2, -0.15) is 5.10 Å². The lowest BCUT2D eigenvalue weighted by Gasteiger charge is -2.31. The maximum atomic E-state index is 13.2. The van der Waals surface area contributed by atoms with Gasteiger partial charge in [-0.3, -0.25) is 14.7 Å². The van der Waals surface area contributed by atoms with Crippen molar-refractivity contribution in [1.29, 1.82) is 0 Å². The van der Waals surface area contributed by atoms with Crippen LogP contribution in [0.1, 0.15) is 45.7 Å². The third-order valence-electron chi connectivity index (χ3n) is 6.07.